The van der Waals surface area contributed by atoms with Gasteiger partial charge in [0.2, 0.25) is 15.9 Å². The van der Waals surface area contributed by atoms with Crippen molar-refractivity contribution in [3.8, 4) is 5.75 Å². The lowest BCUT2D eigenvalue weighted by molar-refractivity contribution is -0.118. The molecule has 3 rings (SSSR count). The summed E-state index contributed by atoms with van der Waals surface area (Å²) in [5, 5.41) is 6.75. The van der Waals surface area contributed by atoms with Crippen LogP contribution >= 0.6 is 0 Å². The first-order valence-electron chi connectivity index (χ1n) is 11.1. The highest BCUT2D eigenvalue weighted by atomic mass is 32.2. The van der Waals surface area contributed by atoms with Crippen LogP contribution in [0.25, 0.3) is 0 Å². The number of hydrogen-bond acceptors (Lipinski definition) is 7. The number of ether oxygens (including phenoxy) is 1. The summed E-state index contributed by atoms with van der Waals surface area (Å²) in [4.78, 5) is 16.7. The summed E-state index contributed by atoms with van der Waals surface area (Å²) in [6.07, 6.45) is 1.22. The minimum absolute atomic E-state index is 0.144. The van der Waals surface area contributed by atoms with Crippen molar-refractivity contribution in [2.24, 2.45) is 0 Å². The number of nitrogens with zero attached hydrogens (tertiary/aromatic N) is 2. The van der Waals surface area contributed by atoms with Gasteiger partial charge < -0.3 is 14.6 Å². The Hall–Kier alpha value is -3.24. The molecule has 10 heteroatoms. The summed E-state index contributed by atoms with van der Waals surface area (Å²) in [7, 11) is -3.58. The van der Waals surface area contributed by atoms with E-state index in [2.05, 4.69) is 20.2 Å². The van der Waals surface area contributed by atoms with Gasteiger partial charge in [-0.25, -0.2) is 13.1 Å². The number of hydrogen-bond donors (Lipinski definition) is 2. The first kappa shape index (κ1) is 25.4. The molecule has 1 unspecified atom stereocenters. The van der Waals surface area contributed by atoms with E-state index in [9.17, 15) is 13.2 Å². The number of anilines is 1. The molecule has 1 heterocycles. The monoisotopic (exact) mass is 486 g/mol. The molecule has 0 radical (unpaired) electrons. The Morgan fingerprint density at radius 1 is 1.06 bits per heavy atom. The standard InChI is InChI=1S/C24H30N4O5S/c1-5-17(4)28-34(30,31)21-12-10-20(11-13-21)32-15-23(29)25-19-8-6-18(7-9-19)14-22-26-24(16(2)3)33-27-22/h6-13,16-17,28H,5,14-15H2,1-4H3,(H,25,29). The average Bonchev–Trinajstić information content (AvgIpc) is 3.28. The molecule has 0 aliphatic heterocycles. The highest BCUT2D eigenvalue weighted by molar-refractivity contribution is 7.89. The first-order chi connectivity index (χ1) is 16.2. The minimum atomic E-state index is -3.58. The molecule has 0 spiro atoms. The number of sulfonamides is 1. The van der Waals surface area contributed by atoms with Gasteiger partial charge in [0.1, 0.15) is 5.75 Å². The number of nitrogens with one attached hydrogen (secondary N) is 2. The molecule has 0 bridgehead atoms. The van der Waals surface area contributed by atoms with Crippen molar-refractivity contribution in [3.05, 3.63) is 65.8 Å². The lowest BCUT2D eigenvalue weighted by Gasteiger charge is -2.12. The summed E-state index contributed by atoms with van der Waals surface area (Å²) in [6.45, 7) is 7.48. The lowest BCUT2D eigenvalue weighted by Crippen LogP contribution is -2.31. The number of amides is 1. The maximum absolute atomic E-state index is 12.3. The summed E-state index contributed by atoms with van der Waals surface area (Å²) in [5.41, 5.74) is 1.62. The van der Waals surface area contributed by atoms with Crippen molar-refractivity contribution in [1.82, 2.24) is 14.9 Å². The van der Waals surface area contributed by atoms with Crippen LogP contribution in [-0.2, 0) is 21.2 Å². The number of aromatic nitrogens is 2. The molecule has 0 aliphatic carbocycles. The van der Waals surface area contributed by atoms with Gasteiger partial charge in [-0.15, -0.1) is 0 Å². The summed E-state index contributed by atoms with van der Waals surface area (Å²) in [6, 6.07) is 13.1. The maximum atomic E-state index is 12.3. The van der Waals surface area contributed by atoms with Crippen LogP contribution in [0, 0.1) is 0 Å². The largest absolute Gasteiger partial charge is 0.484 e. The van der Waals surface area contributed by atoms with Crippen LogP contribution in [0.15, 0.2) is 57.9 Å². The Morgan fingerprint density at radius 3 is 2.32 bits per heavy atom. The quantitative estimate of drug-likeness (QED) is 0.421. The Labute approximate surface area is 200 Å². The highest BCUT2D eigenvalue weighted by Gasteiger charge is 2.16. The molecule has 2 N–H and O–H groups in total. The Kier molecular flexibility index (Phi) is 8.41. The van der Waals surface area contributed by atoms with Gasteiger partial charge in [-0.1, -0.05) is 38.1 Å². The summed E-state index contributed by atoms with van der Waals surface area (Å²) in [5.74, 6) is 1.47. The molecule has 182 valence electrons. The predicted octanol–water partition coefficient (Wildman–Crippen LogP) is 3.88. The molecule has 9 nitrogen and oxygen atoms in total. The highest BCUT2D eigenvalue weighted by Crippen LogP contribution is 2.18. The van der Waals surface area contributed by atoms with E-state index in [1.165, 1.54) is 24.3 Å². The number of rotatable bonds is 11. The zero-order chi connectivity index (χ0) is 24.7. The van der Waals surface area contributed by atoms with Crippen molar-refractivity contribution in [3.63, 3.8) is 0 Å². The molecule has 1 aromatic heterocycles. The maximum Gasteiger partial charge on any atom is 0.262 e. The number of carbonyl (C=O) groups is 1. The molecule has 0 saturated carbocycles. The van der Waals surface area contributed by atoms with Crippen LogP contribution in [0.4, 0.5) is 5.69 Å². The Morgan fingerprint density at radius 2 is 1.74 bits per heavy atom. The van der Waals surface area contributed by atoms with Gasteiger partial charge in [0.05, 0.1) is 4.90 Å². The molecular formula is C24H30N4O5S. The fourth-order valence-corrected chi connectivity index (χ4v) is 4.27. The second-order valence-corrected chi connectivity index (χ2v) is 10.0. The van der Waals surface area contributed by atoms with E-state index in [0.29, 0.717) is 36.0 Å². The van der Waals surface area contributed by atoms with Crippen LogP contribution in [0.5, 0.6) is 5.75 Å². The number of benzene rings is 2. The van der Waals surface area contributed by atoms with E-state index < -0.39 is 10.0 Å². The van der Waals surface area contributed by atoms with Crippen LogP contribution in [0.2, 0.25) is 0 Å². The third kappa shape index (κ3) is 7.13. The molecule has 1 atom stereocenters. The second-order valence-electron chi connectivity index (χ2n) is 8.32. The minimum Gasteiger partial charge on any atom is -0.484 e. The van der Waals surface area contributed by atoms with Gasteiger partial charge in [-0.05, 0) is 55.3 Å². The fraction of sp³-hybridized carbons (Fsp3) is 0.375. The smallest absolute Gasteiger partial charge is 0.262 e. The van der Waals surface area contributed by atoms with Gasteiger partial charge in [0, 0.05) is 24.1 Å². The molecule has 2 aromatic carbocycles. The molecular weight excluding hydrogens is 456 g/mol. The van der Waals surface area contributed by atoms with Crippen molar-refractivity contribution >= 4 is 21.6 Å². The van der Waals surface area contributed by atoms with Crippen LogP contribution in [0.1, 0.15) is 57.3 Å². The normalized spacial score (nSPS) is 12.5. The second kappa shape index (κ2) is 11.3. The van der Waals surface area contributed by atoms with Crippen LogP contribution in [0.3, 0.4) is 0 Å². The van der Waals surface area contributed by atoms with Gasteiger partial charge in [-0.3, -0.25) is 4.79 Å². The SMILES string of the molecule is CCC(C)NS(=O)(=O)c1ccc(OCC(=O)Nc2ccc(Cc3noc(C(C)C)n3)cc2)cc1. The van der Waals surface area contributed by atoms with Gasteiger partial charge >= 0.3 is 0 Å². The van der Waals surface area contributed by atoms with E-state index in [1.54, 1.807) is 19.1 Å². The lowest BCUT2D eigenvalue weighted by atomic mass is 10.1. The molecule has 3 aromatic rings. The molecule has 0 aliphatic rings. The van der Waals surface area contributed by atoms with E-state index in [1.807, 2.05) is 32.9 Å². The molecule has 0 saturated heterocycles. The fourth-order valence-electron chi connectivity index (χ4n) is 2.94. The molecule has 34 heavy (non-hydrogen) atoms. The van der Waals surface area contributed by atoms with Crippen molar-refractivity contribution < 1.29 is 22.5 Å². The zero-order valence-corrected chi connectivity index (χ0v) is 20.6. The van der Waals surface area contributed by atoms with Crippen LogP contribution in [-0.4, -0.2) is 37.1 Å². The van der Waals surface area contributed by atoms with Gasteiger partial charge in [0.15, 0.2) is 12.4 Å². The Balaban J connectivity index is 1.49. The summed E-state index contributed by atoms with van der Waals surface area (Å²) >= 11 is 0. The molecule has 1 amide bonds. The van der Waals surface area contributed by atoms with Crippen molar-refractivity contribution in [1.29, 1.82) is 0 Å². The van der Waals surface area contributed by atoms with Gasteiger partial charge in [-0.2, -0.15) is 4.98 Å². The number of carbonyl (C=O) groups excluding carboxylic acids is 1. The topological polar surface area (TPSA) is 123 Å². The predicted molar refractivity (Wildman–Crippen MR) is 128 cm³/mol. The average molecular weight is 487 g/mol. The van der Waals surface area contributed by atoms with Crippen molar-refractivity contribution in [2.45, 2.75) is 57.4 Å². The van der Waals surface area contributed by atoms with Gasteiger partial charge in [0.25, 0.3) is 5.91 Å². The van der Waals surface area contributed by atoms with E-state index in [4.69, 9.17) is 9.26 Å². The Bertz CT molecular complexity index is 1190. The van der Waals surface area contributed by atoms with E-state index in [0.717, 1.165) is 5.56 Å². The first-order valence-corrected chi connectivity index (χ1v) is 12.6. The van der Waals surface area contributed by atoms with Crippen LogP contribution < -0.4 is 14.8 Å². The van der Waals surface area contributed by atoms with E-state index >= 15 is 0 Å². The third-order valence-electron chi connectivity index (χ3n) is 5.05. The molecule has 0 fully saturated rings. The zero-order valence-electron chi connectivity index (χ0n) is 19.7. The third-order valence-corrected chi connectivity index (χ3v) is 6.66. The summed E-state index contributed by atoms with van der Waals surface area (Å²) < 4.78 is 37.9. The van der Waals surface area contributed by atoms with Crippen molar-refractivity contribution in [2.75, 3.05) is 11.9 Å². The van der Waals surface area contributed by atoms with E-state index in [-0.39, 0.29) is 29.4 Å².